The van der Waals surface area contributed by atoms with Crippen LogP contribution in [0.15, 0.2) is 6.07 Å². The van der Waals surface area contributed by atoms with Crippen molar-refractivity contribution >= 4 is 11.7 Å². The van der Waals surface area contributed by atoms with Crippen LogP contribution >= 0.6 is 0 Å². The molecule has 2 rings (SSSR count). The summed E-state index contributed by atoms with van der Waals surface area (Å²) in [6, 6.07) is 1.73. The molecule has 1 aromatic heterocycles. The van der Waals surface area contributed by atoms with Crippen LogP contribution in [-0.4, -0.2) is 67.7 Å². The fourth-order valence-electron chi connectivity index (χ4n) is 2.12. The van der Waals surface area contributed by atoms with Crippen LogP contribution in [0.3, 0.4) is 0 Å². The highest BCUT2D eigenvalue weighted by atomic mass is 16.5. The normalized spacial score (nSPS) is 15.1. The van der Waals surface area contributed by atoms with Crippen molar-refractivity contribution in [3.63, 3.8) is 0 Å². The van der Waals surface area contributed by atoms with Crippen molar-refractivity contribution in [1.29, 1.82) is 0 Å². The van der Waals surface area contributed by atoms with Crippen LogP contribution in [0.5, 0.6) is 5.88 Å². The van der Waals surface area contributed by atoms with E-state index in [1.165, 1.54) is 0 Å². The number of hydrogen-bond acceptors (Lipinski definition) is 6. The van der Waals surface area contributed by atoms with E-state index in [0.29, 0.717) is 24.1 Å². The van der Waals surface area contributed by atoms with E-state index in [4.69, 9.17) is 4.74 Å². The average molecular weight is 279 g/mol. The number of piperazine rings is 1. The summed E-state index contributed by atoms with van der Waals surface area (Å²) in [5.74, 6) is 1.94. The number of nitrogens with one attached hydrogen (secondary N) is 1. The standard InChI is InChI=1S/C13H21N5O2/c1-10-15-11(8-12(16-10)20-3)17(2)9-13(19)18-6-4-14-5-7-18/h8,14H,4-7,9H2,1-3H3. The van der Waals surface area contributed by atoms with Gasteiger partial charge in [0.2, 0.25) is 11.8 Å². The Labute approximate surface area is 118 Å². The van der Waals surface area contributed by atoms with E-state index in [9.17, 15) is 4.79 Å². The lowest BCUT2D eigenvalue weighted by Crippen LogP contribution is -2.49. The Morgan fingerprint density at radius 3 is 2.80 bits per heavy atom. The van der Waals surface area contributed by atoms with Crippen LogP contribution in [0.4, 0.5) is 5.82 Å². The smallest absolute Gasteiger partial charge is 0.242 e. The third-order valence-corrected chi connectivity index (χ3v) is 3.24. The molecule has 1 amide bonds. The number of aromatic nitrogens is 2. The van der Waals surface area contributed by atoms with Gasteiger partial charge < -0.3 is 19.9 Å². The number of carbonyl (C=O) groups is 1. The zero-order chi connectivity index (χ0) is 14.5. The highest BCUT2D eigenvalue weighted by Gasteiger charge is 2.18. The molecule has 1 aliphatic rings. The molecule has 0 atom stereocenters. The van der Waals surface area contributed by atoms with Gasteiger partial charge in [-0.15, -0.1) is 0 Å². The first kappa shape index (κ1) is 14.5. The molecule has 1 aliphatic heterocycles. The minimum Gasteiger partial charge on any atom is -0.481 e. The minimum atomic E-state index is 0.115. The molecule has 0 unspecified atom stereocenters. The van der Waals surface area contributed by atoms with Crippen LogP contribution in [-0.2, 0) is 4.79 Å². The molecule has 1 fully saturated rings. The predicted octanol–water partition coefficient (Wildman–Crippen LogP) is -0.338. The number of carbonyl (C=O) groups excluding carboxylic acids is 1. The molecule has 0 bridgehead atoms. The Bertz CT molecular complexity index is 474. The Kier molecular flexibility index (Phi) is 4.73. The van der Waals surface area contributed by atoms with Crippen LogP contribution in [0.2, 0.25) is 0 Å². The van der Waals surface area contributed by atoms with Gasteiger partial charge in [-0.25, -0.2) is 4.98 Å². The highest BCUT2D eigenvalue weighted by Crippen LogP contribution is 2.16. The first-order valence-corrected chi connectivity index (χ1v) is 6.69. The molecule has 0 radical (unpaired) electrons. The first-order chi connectivity index (χ1) is 9.60. The number of amides is 1. The van der Waals surface area contributed by atoms with Crippen LogP contribution in [0, 0.1) is 6.92 Å². The largest absolute Gasteiger partial charge is 0.481 e. The van der Waals surface area contributed by atoms with Crippen molar-refractivity contribution in [3.05, 3.63) is 11.9 Å². The fourth-order valence-corrected chi connectivity index (χ4v) is 2.12. The maximum absolute atomic E-state index is 12.2. The zero-order valence-electron chi connectivity index (χ0n) is 12.2. The van der Waals surface area contributed by atoms with E-state index in [-0.39, 0.29) is 5.91 Å². The summed E-state index contributed by atoms with van der Waals surface area (Å²) in [6.07, 6.45) is 0. The Hall–Kier alpha value is -1.89. The quantitative estimate of drug-likeness (QED) is 0.813. The van der Waals surface area contributed by atoms with E-state index in [1.54, 1.807) is 20.1 Å². The number of nitrogens with zero attached hydrogens (tertiary/aromatic N) is 4. The minimum absolute atomic E-state index is 0.115. The van der Waals surface area contributed by atoms with Crippen molar-refractivity contribution in [2.45, 2.75) is 6.92 Å². The highest BCUT2D eigenvalue weighted by molar-refractivity contribution is 5.81. The molecule has 0 saturated carbocycles. The van der Waals surface area contributed by atoms with Gasteiger partial charge in [-0.1, -0.05) is 0 Å². The summed E-state index contributed by atoms with van der Waals surface area (Å²) in [5, 5.41) is 3.23. The maximum atomic E-state index is 12.2. The van der Waals surface area contributed by atoms with Gasteiger partial charge >= 0.3 is 0 Å². The van der Waals surface area contributed by atoms with Gasteiger partial charge in [0.25, 0.3) is 0 Å². The lowest BCUT2D eigenvalue weighted by atomic mass is 10.3. The summed E-state index contributed by atoms with van der Waals surface area (Å²) < 4.78 is 5.13. The maximum Gasteiger partial charge on any atom is 0.242 e. The van der Waals surface area contributed by atoms with E-state index in [0.717, 1.165) is 26.2 Å². The summed E-state index contributed by atoms with van der Waals surface area (Å²) in [5.41, 5.74) is 0. The monoisotopic (exact) mass is 279 g/mol. The summed E-state index contributed by atoms with van der Waals surface area (Å²) >= 11 is 0. The summed E-state index contributed by atoms with van der Waals surface area (Å²) in [6.45, 7) is 5.35. The van der Waals surface area contributed by atoms with E-state index >= 15 is 0 Å². The molecule has 20 heavy (non-hydrogen) atoms. The number of rotatable bonds is 4. The molecule has 1 saturated heterocycles. The van der Waals surface area contributed by atoms with Gasteiger partial charge in [-0.3, -0.25) is 4.79 Å². The Balaban J connectivity index is 2.01. The van der Waals surface area contributed by atoms with Crippen molar-refractivity contribution in [1.82, 2.24) is 20.2 Å². The van der Waals surface area contributed by atoms with Gasteiger partial charge in [-0.2, -0.15) is 4.98 Å². The molecule has 110 valence electrons. The SMILES string of the molecule is COc1cc(N(C)CC(=O)N2CCNCC2)nc(C)n1. The average Bonchev–Trinajstić information content (AvgIpc) is 2.47. The topological polar surface area (TPSA) is 70.6 Å². The van der Waals surface area contributed by atoms with Crippen molar-refractivity contribution in [2.24, 2.45) is 0 Å². The van der Waals surface area contributed by atoms with Crippen molar-refractivity contribution in [2.75, 3.05) is 51.8 Å². The van der Waals surface area contributed by atoms with Gasteiger partial charge in [0.1, 0.15) is 11.6 Å². The molecule has 0 aromatic carbocycles. The van der Waals surface area contributed by atoms with Gasteiger partial charge in [0.05, 0.1) is 13.7 Å². The number of anilines is 1. The Morgan fingerprint density at radius 1 is 1.45 bits per heavy atom. The fraction of sp³-hybridized carbons (Fsp3) is 0.615. The second-order valence-corrected chi connectivity index (χ2v) is 4.80. The first-order valence-electron chi connectivity index (χ1n) is 6.69. The van der Waals surface area contributed by atoms with Crippen LogP contribution in [0.1, 0.15) is 5.82 Å². The number of ether oxygens (including phenoxy) is 1. The number of aryl methyl sites for hydroxylation is 1. The Morgan fingerprint density at radius 2 is 2.15 bits per heavy atom. The second kappa shape index (κ2) is 6.51. The lowest BCUT2D eigenvalue weighted by Gasteiger charge is -2.29. The van der Waals surface area contributed by atoms with E-state index in [1.807, 2.05) is 16.8 Å². The van der Waals surface area contributed by atoms with Crippen molar-refractivity contribution in [3.8, 4) is 5.88 Å². The van der Waals surface area contributed by atoms with E-state index < -0.39 is 0 Å². The third kappa shape index (κ3) is 3.57. The molecule has 1 N–H and O–H groups in total. The molecule has 1 aromatic rings. The summed E-state index contributed by atoms with van der Waals surface area (Å²) in [4.78, 5) is 24.4. The molecule has 0 aliphatic carbocycles. The molecule has 0 spiro atoms. The summed E-state index contributed by atoms with van der Waals surface area (Å²) in [7, 11) is 3.42. The number of likely N-dealkylation sites (N-methyl/N-ethyl adjacent to an activating group) is 1. The molecular formula is C13H21N5O2. The van der Waals surface area contributed by atoms with Crippen LogP contribution in [0.25, 0.3) is 0 Å². The van der Waals surface area contributed by atoms with E-state index in [2.05, 4.69) is 15.3 Å². The molecule has 2 heterocycles. The molecule has 7 heteroatoms. The predicted molar refractivity (Wildman–Crippen MR) is 76.0 cm³/mol. The molecular weight excluding hydrogens is 258 g/mol. The number of hydrogen-bond donors (Lipinski definition) is 1. The zero-order valence-corrected chi connectivity index (χ0v) is 12.2. The molecule has 7 nitrogen and oxygen atoms in total. The van der Waals surface area contributed by atoms with Gasteiger partial charge in [0.15, 0.2) is 0 Å². The lowest BCUT2D eigenvalue weighted by molar-refractivity contribution is -0.130. The van der Waals surface area contributed by atoms with Gasteiger partial charge in [0, 0.05) is 39.3 Å². The van der Waals surface area contributed by atoms with Gasteiger partial charge in [-0.05, 0) is 6.92 Å². The van der Waals surface area contributed by atoms with Crippen molar-refractivity contribution < 1.29 is 9.53 Å². The van der Waals surface area contributed by atoms with Crippen LogP contribution < -0.4 is 15.0 Å². The number of methoxy groups -OCH3 is 1. The third-order valence-electron chi connectivity index (χ3n) is 3.24. The second-order valence-electron chi connectivity index (χ2n) is 4.80.